The first-order valence-electron chi connectivity index (χ1n) is 6.67. The van der Waals surface area contributed by atoms with E-state index in [0.717, 1.165) is 22.7 Å². The molecule has 0 radical (unpaired) electrons. The molecule has 0 aromatic heterocycles. The number of benzene rings is 2. The van der Waals surface area contributed by atoms with Gasteiger partial charge < -0.3 is 14.0 Å². The van der Waals surface area contributed by atoms with Crippen LogP contribution in [0, 0.1) is 0 Å². The highest BCUT2D eigenvalue weighted by Crippen LogP contribution is 2.38. The summed E-state index contributed by atoms with van der Waals surface area (Å²) in [5.74, 6) is 0.942. The molecular weight excluding hydrogens is 489 g/mol. The van der Waals surface area contributed by atoms with Crippen LogP contribution in [0.2, 0.25) is 0 Å². The van der Waals surface area contributed by atoms with E-state index in [9.17, 15) is 0 Å². The molecule has 0 saturated heterocycles. The Balaban J connectivity index is 2.10. The number of rotatable bonds is 2. The van der Waals surface area contributed by atoms with Crippen LogP contribution in [0.3, 0.4) is 0 Å². The molecule has 108 valence electrons. The van der Waals surface area contributed by atoms with E-state index in [1.54, 1.807) is 0 Å². The van der Waals surface area contributed by atoms with Crippen LogP contribution in [-0.4, -0.2) is 27.0 Å². The predicted molar refractivity (Wildman–Crippen MR) is 107 cm³/mol. The van der Waals surface area contributed by atoms with Crippen molar-refractivity contribution in [1.29, 1.82) is 0 Å². The first-order chi connectivity index (χ1) is 9.97. The number of hydrogen-bond acceptors (Lipinski definition) is 2. The highest BCUT2D eigenvalue weighted by Gasteiger charge is 2.39. The molecule has 0 unspecified atom stereocenters. The molecule has 1 heterocycles. The third-order valence-corrected chi connectivity index (χ3v) is 5.15. The van der Waals surface area contributed by atoms with Crippen LogP contribution in [-0.2, 0) is 0 Å². The summed E-state index contributed by atoms with van der Waals surface area (Å²) >= 11 is 4.78. The first-order valence-corrected chi connectivity index (χ1v) is 9.16. The lowest BCUT2D eigenvalue weighted by molar-refractivity contribution is -0.291. The van der Waals surface area contributed by atoms with E-state index in [1.807, 2.05) is 32.3 Å². The van der Waals surface area contributed by atoms with Crippen molar-refractivity contribution in [3.8, 4) is 5.75 Å². The summed E-state index contributed by atoms with van der Waals surface area (Å²) in [5.41, 5.74) is 3.40. The summed E-state index contributed by atoms with van der Waals surface area (Å²) in [6.45, 7) is 0. The van der Waals surface area contributed by atoms with Crippen molar-refractivity contribution in [2.24, 2.45) is 0 Å². The molecular formula is C15H15BI2N2O. The zero-order chi connectivity index (χ0) is 15.0. The zero-order valence-corrected chi connectivity index (χ0v) is 16.1. The zero-order valence-electron chi connectivity index (χ0n) is 11.8. The Morgan fingerprint density at radius 2 is 1.76 bits per heavy atom. The summed E-state index contributed by atoms with van der Waals surface area (Å²) in [5, 5.41) is 0. The van der Waals surface area contributed by atoms with Crippen LogP contribution in [0.4, 0.5) is 11.4 Å². The standard InChI is InChI=1S/C15H15BI2N2O/c1-19(2)14-9-8-12-11-20(13-6-4-3-5-7-13)16(17,18)21-15(12)10-14/h3-11H,1-2H3. The largest absolute Gasteiger partial charge is 0.642 e. The van der Waals surface area contributed by atoms with Gasteiger partial charge in [0.2, 0.25) is 0 Å². The van der Waals surface area contributed by atoms with Crippen LogP contribution in [0.25, 0.3) is 0 Å². The topological polar surface area (TPSA) is 15.5 Å². The van der Waals surface area contributed by atoms with Gasteiger partial charge in [-0.15, -0.1) is 0 Å². The van der Waals surface area contributed by atoms with E-state index in [-0.39, 0.29) is 0 Å². The Morgan fingerprint density at radius 3 is 2.43 bits per heavy atom. The van der Waals surface area contributed by atoms with Gasteiger partial charge in [0.25, 0.3) is 0 Å². The van der Waals surface area contributed by atoms with Crippen LogP contribution in [0.1, 0.15) is 5.56 Å². The Morgan fingerprint density at radius 1 is 1.05 bits per heavy atom. The van der Waals surface area contributed by atoms with Gasteiger partial charge in [-0.25, -0.2) is 0 Å². The Labute approximate surface area is 151 Å². The molecule has 1 aliphatic heterocycles. The maximum Gasteiger partial charge on any atom is 0.567 e. The van der Waals surface area contributed by atoms with Crippen LogP contribution in [0.15, 0.2) is 48.5 Å². The average Bonchev–Trinajstić information content (AvgIpc) is 2.45. The van der Waals surface area contributed by atoms with Gasteiger partial charge >= 0.3 is 2.20 Å². The van der Waals surface area contributed by atoms with Gasteiger partial charge in [-0.1, -0.05) is 18.2 Å². The number of hydrogen-bond donors (Lipinski definition) is 0. The van der Waals surface area contributed by atoms with Crippen molar-refractivity contribution in [3.63, 3.8) is 0 Å². The second kappa shape index (κ2) is 5.79. The highest BCUT2D eigenvalue weighted by atomic mass is 127. The maximum atomic E-state index is 6.28. The van der Waals surface area contributed by atoms with E-state index in [1.165, 1.54) is 0 Å². The molecule has 21 heavy (non-hydrogen) atoms. The van der Waals surface area contributed by atoms with Crippen LogP contribution >= 0.6 is 44.7 Å². The minimum atomic E-state index is -1.19. The van der Waals surface area contributed by atoms with E-state index in [0.29, 0.717) is 0 Å². The molecule has 6 heteroatoms. The lowest BCUT2D eigenvalue weighted by atomic mass is 10.1. The molecule has 3 nitrogen and oxygen atoms in total. The molecule has 0 N–H and O–H groups in total. The minimum absolute atomic E-state index is 0.942. The second-order valence-electron chi connectivity index (χ2n) is 5.17. The van der Waals surface area contributed by atoms with Gasteiger partial charge in [-0.2, -0.15) is 44.7 Å². The molecule has 0 saturated carbocycles. The molecule has 1 aliphatic rings. The molecule has 0 amide bonds. The van der Waals surface area contributed by atoms with Crippen molar-refractivity contribution >= 4 is 64.5 Å². The fraction of sp³-hybridized carbons (Fsp3) is 0.133. The molecule has 3 rings (SSSR count). The summed E-state index contributed by atoms with van der Waals surface area (Å²) in [6, 6.07) is 16.7. The van der Waals surface area contributed by atoms with E-state index in [2.05, 4.69) is 90.7 Å². The first kappa shape index (κ1) is 15.1. The summed E-state index contributed by atoms with van der Waals surface area (Å²) < 4.78 is 7.29. The minimum Gasteiger partial charge on any atom is -0.642 e. The fourth-order valence-corrected chi connectivity index (χ4v) is 3.82. The molecule has 0 fully saturated rings. The number of fused-ring (bicyclic) bond motifs is 1. The highest BCUT2D eigenvalue weighted by molar-refractivity contribution is 14.3. The average molecular weight is 504 g/mol. The van der Waals surface area contributed by atoms with Crippen molar-refractivity contribution in [3.05, 3.63) is 54.1 Å². The van der Waals surface area contributed by atoms with Gasteiger partial charge in [-0.05, 0) is 12.1 Å². The Bertz CT molecular complexity index is 702. The summed E-state index contributed by atoms with van der Waals surface area (Å²) in [4.78, 5) is 2.09. The fourth-order valence-electron chi connectivity index (χ4n) is 2.30. The lowest BCUT2D eigenvalue weighted by Gasteiger charge is -2.33. The second-order valence-corrected chi connectivity index (χ2v) is 10.9. The normalized spacial score (nSPS) is 15.7. The van der Waals surface area contributed by atoms with Gasteiger partial charge in [0.15, 0.2) is 5.69 Å². The monoisotopic (exact) mass is 504 g/mol. The molecule has 0 aliphatic carbocycles. The maximum absolute atomic E-state index is 6.28. The van der Waals surface area contributed by atoms with Crippen LogP contribution < -0.4 is 9.55 Å². The molecule has 2 aromatic carbocycles. The summed E-state index contributed by atoms with van der Waals surface area (Å²) in [6.07, 6.45) is 2.17. The van der Waals surface area contributed by atoms with Gasteiger partial charge in [0.1, 0.15) is 6.21 Å². The number of para-hydroxylation sites is 1. The quantitative estimate of drug-likeness (QED) is 0.451. The third kappa shape index (κ3) is 3.06. The van der Waals surface area contributed by atoms with Crippen molar-refractivity contribution in [2.75, 3.05) is 19.0 Å². The molecule has 0 spiro atoms. The Kier molecular flexibility index (Phi) is 4.18. The van der Waals surface area contributed by atoms with Crippen LogP contribution in [0.5, 0.6) is 5.75 Å². The number of nitrogens with zero attached hydrogens (tertiary/aromatic N) is 2. The van der Waals surface area contributed by atoms with Gasteiger partial charge in [0, 0.05) is 38.0 Å². The van der Waals surface area contributed by atoms with Crippen molar-refractivity contribution in [2.45, 2.75) is 0 Å². The lowest BCUT2D eigenvalue weighted by Crippen LogP contribution is -2.43. The van der Waals surface area contributed by atoms with Gasteiger partial charge in [0.05, 0.1) is 11.3 Å². The smallest absolute Gasteiger partial charge is 0.567 e. The molecule has 2 aromatic rings. The number of anilines is 1. The van der Waals surface area contributed by atoms with Gasteiger partial charge in [-0.3, -0.25) is 0 Å². The third-order valence-electron chi connectivity index (χ3n) is 3.44. The summed E-state index contributed by atoms with van der Waals surface area (Å²) in [7, 11) is 4.08. The van der Waals surface area contributed by atoms with Crippen molar-refractivity contribution in [1.82, 2.24) is 0 Å². The Hall–Kier alpha value is -0.765. The number of halogens is 2. The van der Waals surface area contributed by atoms with E-state index < -0.39 is 2.20 Å². The molecule has 0 atom stereocenters. The van der Waals surface area contributed by atoms with E-state index in [4.69, 9.17) is 4.65 Å². The van der Waals surface area contributed by atoms with E-state index >= 15 is 0 Å². The molecule has 0 bridgehead atoms. The predicted octanol–water partition coefficient (Wildman–Crippen LogP) is 4.21. The SMILES string of the molecule is CN(C)c1ccc2c(c1)O[B-](I)(I)[N+](c1ccccc1)=C2. The van der Waals surface area contributed by atoms with Crippen molar-refractivity contribution < 1.29 is 9.14 Å².